The number of carbonyl (C=O) groups is 3. The fourth-order valence-electron chi connectivity index (χ4n) is 10.4. The van der Waals surface area contributed by atoms with Gasteiger partial charge in [-0.1, -0.05) is 345 Å². The number of allylic oxidation sites excluding steroid dienone is 10. The third-order valence-corrected chi connectivity index (χ3v) is 15.5. The number of unbranched alkanes of at least 4 members (excludes halogenated alkanes) is 43. The fraction of sp³-hybridized carbons (Fsp3) is 0.822. The highest BCUT2D eigenvalue weighted by molar-refractivity contribution is 5.71. The molecule has 79 heavy (non-hydrogen) atoms. The van der Waals surface area contributed by atoms with E-state index in [1.54, 1.807) is 0 Å². The molecule has 0 aromatic carbocycles. The zero-order valence-corrected chi connectivity index (χ0v) is 52.9. The predicted molar refractivity (Wildman–Crippen MR) is 344 cm³/mol. The van der Waals surface area contributed by atoms with E-state index in [1.165, 1.54) is 238 Å². The van der Waals surface area contributed by atoms with Crippen LogP contribution in [0.2, 0.25) is 0 Å². The number of ether oxygens (including phenoxy) is 3. The lowest BCUT2D eigenvalue weighted by Gasteiger charge is -2.18. The Balaban J connectivity index is 4.14. The quantitative estimate of drug-likeness (QED) is 0.0261. The van der Waals surface area contributed by atoms with Gasteiger partial charge in [-0.3, -0.25) is 14.4 Å². The van der Waals surface area contributed by atoms with Gasteiger partial charge in [0.15, 0.2) is 6.10 Å². The molecule has 6 heteroatoms. The molecule has 0 aliphatic carbocycles. The van der Waals surface area contributed by atoms with Crippen molar-refractivity contribution in [1.82, 2.24) is 0 Å². The number of hydrogen-bond acceptors (Lipinski definition) is 6. The van der Waals surface area contributed by atoms with Crippen LogP contribution in [0.1, 0.15) is 367 Å². The van der Waals surface area contributed by atoms with Gasteiger partial charge >= 0.3 is 17.9 Å². The Labute approximate surface area is 491 Å². The second-order valence-corrected chi connectivity index (χ2v) is 23.4. The zero-order valence-electron chi connectivity index (χ0n) is 52.9. The summed E-state index contributed by atoms with van der Waals surface area (Å²) in [6.45, 7) is 6.57. The van der Waals surface area contributed by atoms with Crippen molar-refractivity contribution in [3.05, 3.63) is 60.8 Å². The molecule has 460 valence electrons. The maximum atomic E-state index is 12.9. The lowest BCUT2D eigenvalue weighted by molar-refractivity contribution is -0.167. The molecule has 0 radical (unpaired) electrons. The molecule has 6 nitrogen and oxygen atoms in total. The molecular formula is C73H132O6. The monoisotopic (exact) mass is 1110 g/mol. The van der Waals surface area contributed by atoms with Crippen molar-refractivity contribution in [2.24, 2.45) is 0 Å². The van der Waals surface area contributed by atoms with Crippen molar-refractivity contribution in [3.8, 4) is 0 Å². The summed E-state index contributed by atoms with van der Waals surface area (Å²) in [5.74, 6) is -0.852. The molecule has 0 amide bonds. The van der Waals surface area contributed by atoms with Crippen molar-refractivity contribution >= 4 is 17.9 Å². The van der Waals surface area contributed by atoms with E-state index in [1.807, 2.05) is 0 Å². The summed E-state index contributed by atoms with van der Waals surface area (Å²) in [6.07, 6.45) is 86.9. The number of carbonyl (C=O) groups excluding carboxylic acids is 3. The summed E-state index contributed by atoms with van der Waals surface area (Å²) in [6, 6.07) is 0. The van der Waals surface area contributed by atoms with Crippen molar-refractivity contribution in [2.75, 3.05) is 13.2 Å². The van der Waals surface area contributed by atoms with Crippen molar-refractivity contribution < 1.29 is 28.6 Å². The van der Waals surface area contributed by atoms with Gasteiger partial charge in [-0.25, -0.2) is 0 Å². The van der Waals surface area contributed by atoms with Gasteiger partial charge in [0.2, 0.25) is 0 Å². The number of rotatable bonds is 64. The van der Waals surface area contributed by atoms with Crippen LogP contribution in [0, 0.1) is 0 Å². The molecule has 0 spiro atoms. The first-order valence-electron chi connectivity index (χ1n) is 34.8. The average Bonchev–Trinajstić information content (AvgIpc) is 3.45. The second-order valence-electron chi connectivity index (χ2n) is 23.4. The third kappa shape index (κ3) is 65.8. The molecule has 0 aromatic heterocycles. The Hall–Kier alpha value is -2.89. The summed E-state index contributed by atoms with van der Waals surface area (Å²) in [7, 11) is 0. The lowest BCUT2D eigenvalue weighted by Crippen LogP contribution is -2.30. The fourth-order valence-corrected chi connectivity index (χ4v) is 10.4. The molecule has 0 aliphatic rings. The Kier molecular flexibility index (Phi) is 65.1. The molecule has 1 unspecified atom stereocenters. The molecule has 0 bridgehead atoms. The minimum absolute atomic E-state index is 0.0696. The molecule has 0 N–H and O–H groups in total. The van der Waals surface area contributed by atoms with Crippen molar-refractivity contribution in [2.45, 2.75) is 374 Å². The van der Waals surface area contributed by atoms with Crippen LogP contribution in [0.25, 0.3) is 0 Å². The van der Waals surface area contributed by atoms with E-state index in [-0.39, 0.29) is 31.1 Å². The van der Waals surface area contributed by atoms with Gasteiger partial charge in [0.05, 0.1) is 0 Å². The van der Waals surface area contributed by atoms with Crippen LogP contribution in [-0.2, 0) is 28.6 Å². The van der Waals surface area contributed by atoms with Gasteiger partial charge in [-0.05, 0) is 64.2 Å². The second kappa shape index (κ2) is 67.6. The third-order valence-electron chi connectivity index (χ3n) is 15.5. The van der Waals surface area contributed by atoms with Crippen LogP contribution in [0.15, 0.2) is 60.8 Å². The summed E-state index contributed by atoms with van der Waals surface area (Å²) >= 11 is 0. The topological polar surface area (TPSA) is 78.9 Å². The van der Waals surface area contributed by atoms with Gasteiger partial charge in [-0.15, -0.1) is 0 Å². The molecule has 0 saturated carbocycles. The van der Waals surface area contributed by atoms with E-state index in [2.05, 4.69) is 81.5 Å². The normalized spacial score (nSPS) is 12.4. The van der Waals surface area contributed by atoms with E-state index in [4.69, 9.17) is 14.2 Å². The number of esters is 3. The number of hydrogen-bond donors (Lipinski definition) is 0. The van der Waals surface area contributed by atoms with E-state index in [0.717, 1.165) is 89.9 Å². The highest BCUT2D eigenvalue weighted by Gasteiger charge is 2.19. The standard InChI is InChI=1S/C73H132O6/c1-4-7-10-13-16-19-21-23-25-27-29-31-33-35-36-38-39-41-43-45-47-49-51-54-57-60-63-66-72(75)78-69-70(68-77-71(74)65-62-59-56-53-18-15-12-9-6-3)79-73(76)67-64-61-58-55-52-50-48-46-44-42-40-37-34-32-30-28-26-24-22-20-17-14-11-8-5-2/h7,10,16,19,23,25,29,31,35-36,70H,4-6,8-9,11-15,17-18,20-22,24,26-28,30,32-34,37-69H2,1-3H3/b10-7-,19-16-,25-23-,31-29-,36-35-. The van der Waals surface area contributed by atoms with Crippen LogP contribution < -0.4 is 0 Å². The predicted octanol–water partition coefficient (Wildman–Crippen LogP) is 23.9. The van der Waals surface area contributed by atoms with E-state index >= 15 is 0 Å². The Morgan fingerprint density at radius 2 is 0.494 bits per heavy atom. The summed E-state index contributed by atoms with van der Waals surface area (Å²) < 4.78 is 16.9. The maximum absolute atomic E-state index is 12.9. The highest BCUT2D eigenvalue weighted by Crippen LogP contribution is 2.18. The first kappa shape index (κ1) is 76.1. The molecule has 0 fully saturated rings. The minimum Gasteiger partial charge on any atom is -0.462 e. The van der Waals surface area contributed by atoms with Gasteiger partial charge in [0, 0.05) is 19.3 Å². The SMILES string of the molecule is CC/C=C\C/C=C\C/C=C\C/C=C\C/C=C\CCCCCCCCCCCCCC(=O)OCC(COC(=O)CCCCCCCCCCC)OC(=O)CCCCCCCCCCCCCCCCCCCCCCCCCCC. The molecular weight excluding hydrogens is 973 g/mol. The van der Waals surface area contributed by atoms with Gasteiger partial charge in [0.1, 0.15) is 13.2 Å². The van der Waals surface area contributed by atoms with Crippen LogP contribution in [0.5, 0.6) is 0 Å². The maximum Gasteiger partial charge on any atom is 0.306 e. The van der Waals surface area contributed by atoms with Gasteiger partial charge in [0.25, 0.3) is 0 Å². The summed E-state index contributed by atoms with van der Waals surface area (Å²) in [5, 5.41) is 0. The molecule has 0 aromatic rings. The molecule has 0 saturated heterocycles. The largest absolute Gasteiger partial charge is 0.462 e. The highest BCUT2D eigenvalue weighted by atomic mass is 16.6. The van der Waals surface area contributed by atoms with E-state index in [9.17, 15) is 14.4 Å². The minimum atomic E-state index is -0.772. The first-order chi connectivity index (χ1) is 39.0. The zero-order chi connectivity index (χ0) is 57.1. The summed E-state index contributed by atoms with van der Waals surface area (Å²) in [5.41, 5.74) is 0. The Morgan fingerprint density at radius 1 is 0.266 bits per heavy atom. The van der Waals surface area contributed by atoms with Gasteiger partial charge in [-0.2, -0.15) is 0 Å². The van der Waals surface area contributed by atoms with E-state index in [0.29, 0.717) is 19.3 Å². The van der Waals surface area contributed by atoms with Crippen LogP contribution >= 0.6 is 0 Å². The van der Waals surface area contributed by atoms with Gasteiger partial charge < -0.3 is 14.2 Å². The molecule has 1 atom stereocenters. The first-order valence-corrected chi connectivity index (χ1v) is 34.8. The van der Waals surface area contributed by atoms with Crippen molar-refractivity contribution in [3.63, 3.8) is 0 Å². The summed E-state index contributed by atoms with van der Waals surface area (Å²) in [4.78, 5) is 38.3. The Bertz CT molecular complexity index is 1410. The van der Waals surface area contributed by atoms with Crippen LogP contribution in [-0.4, -0.2) is 37.2 Å². The molecule has 0 aliphatic heterocycles. The average molecular weight is 1110 g/mol. The molecule has 0 rings (SSSR count). The van der Waals surface area contributed by atoms with Crippen LogP contribution in [0.4, 0.5) is 0 Å². The smallest absolute Gasteiger partial charge is 0.306 e. The van der Waals surface area contributed by atoms with Crippen LogP contribution in [0.3, 0.4) is 0 Å². The van der Waals surface area contributed by atoms with Crippen molar-refractivity contribution in [1.29, 1.82) is 0 Å². The van der Waals surface area contributed by atoms with E-state index < -0.39 is 6.10 Å². The lowest BCUT2D eigenvalue weighted by atomic mass is 10.0. The Morgan fingerprint density at radius 3 is 0.772 bits per heavy atom. The molecule has 0 heterocycles.